The van der Waals surface area contributed by atoms with E-state index in [1.165, 1.54) is 0 Å². The molecule has 0 atom stereocenters. The lowest BCUT2D eigenvalue weighted by atomic mass is 10.0. The fourth-order valence-corrected chi connectivity index (χ4v) is 3.46. The molecule has 3 rings (SSSR count). The van der Waals surface area contributed by atoms with Gasteiger partial charge in [0.15, 0.2) is 11.5 Å². The van der Waals surface area contributed by atoms with Gasteiger partial charge in [0, 0.05) is 0 Å². The molecule has 1 N–H and O–H groups in total. The molecule has 2 aromatic carbocycles. The van der Waals surface area contributed by atoms with Crippen molar-refractivity contribution >= 4 is 23.2 Å². The Kier molecular flexibility index (Phi) is 5.21. The molecule has 0 aromatic heterocycles. The second kappa shape index (κ2) is 7.58. The number of allylic oxidation sites excluding steroid dienone is 2. The van der Waals surface area contributed by atoms with Crippen LogP contribution in [0, 0.1) is 0 Å². The number of aliphatic carboxylic acids is 1. The minimum Gasteiger partial charge on any atom is -0.493 e. The quantitative estimate of drug-likeness (QED) is 0.815. The van der Waals surface area contributed by atoms with Gasteiger partial charge in [0.1, 0.15) is 0 Å². The van der Waals surface area contributed by atoms with Crippen LogP contribution >= 0.6 is 0 Å². The molecule has 0 fully saturated rings. The molecule has 0 amide bonds. The van der Waals surface area contributed by atoms with E-state index in [-0.39, 0.29) is 6.42 Å². The largest absolute Gasteiger partial charge is 0.493 e. The summed E-state index contributed by atoms with van der Waals surface area (Å²) in [6.45, 7) is 1.96. The Labute approximate surface area is 158 Å². The van der Waals surface area contributed by atoms with Crippen LogP contribution in [0.1, 0.15) is 30.0 Å². The van der Waals surface area contributed by atoms with E-state index in [2.05, 4.69) is 0 Å². The summed E-state index contributed by atoms with van der Waals surface area (Å²) in [6, 6.07) is 11.6. The van der Waals surface area contributed by atoms with Gasteiger partial charge in [-0.1, -0.05) is 24.3 Å². The van der Waals surface area contributed by atoms with E-state index in [9.17, 15) is 9.90 Å². The molecule has 0 heterocycles. The third-order valence-electron chi connectivity index (χ3n) is 4.73. The average molecular weight is 366 g/mol. The fourth-order valence-electron chi connectivity index (χ4n) is 3.46. The van der Waals surface area contributed by atoms with Crippen molar-refractivity contribution in [3.63, 3.8) is 0 Å². The number of ether oxygens (including phenoxy) is 3. The van der Waals surface area contributed by atoms with Crippen LogP contribution in [-0.4, -0.2) is 32.4 Å². The summed E-state index contributed by atoms with van der Waals surface area (Å²) in [5, 5.41) is 9.29. The normalized spacial score (nSPS) is 14.3. The summed E-state index contributed by atoms with van der Waals surface area (Å²) in [6.07, 6.45) is 2.02. The van der Waals surface area contributed by atoms with E-state index in [4.69, 9.17) is 14.2 Å². The van der Waals surface area contributed by atoms with Gasteiger partial charge in [-0.25, -0.2) is 0 Å². The van der Waals surface area contributed by atoms with E-state index >= 15 is 0 Å². The molecule has 0 aliphatic heterocycles. The van der Waals surface area contributed by atoms with Crippen LogP contribution in [-0.2, 0) is 4.79 Å². The van der Waals surface area contributed by atoms with Crippen LogP contribution in [0.2, 0.25) is 0 Å². The van der Waals surface area contributed by atoms with Gasteiger partial charge in [-0.05, 0) is 58.5 Å². The number of carboxylic acid groups (broad SMARTS) is 1. The van der Waals surface area contributed by atoms with Gasteiger partial charge in [0.2, 0.25) is 5.75 Å². The molecule has 27 heavy (non-hydrogen) atoms. The maximum Gasteiger partial charge on any atom is 0.307 e. The van der Waals surface area contributed by atoms with Gasteiger partial charge >= 0.3 is 5.97 Å². The first-order chi connectivity index (χ1) is 13.0. The zero-order valence-electron chi connectivity index (χ0n) is 15.8. The molecule has 1 aliphatic carbocycles. The number of carbonyl (C=O) groups is 1. The molecule has 0 spiro atoms. The van der Waals surface area contributed by atoms with Gasteiger partial charge in [0.05, 0.1) is 27.8 Å². The molecule has 5 heteroatoms. The van der Waals surface area contributed by atoms with Crippen molar-refractivity contribution in [2.75, 3.05) is 21.3 Å². The van der Waals surface area contributed by atoms with Gasteiger partial charge in [-0.3, -0.25) is 4.79 Å². The zero-order chi connectivity index (χ0) is 19.6. The van der Waals surface area contributed by atoms with Crippen LogP contribution < -0.4 is 14.2 Å². The predicted octanol–water partition coefficient (Wildman–Crippen LogP) is 4.51. The van der Waals surface area contributed by atoms with E-state index in [0.29, 0.717) is 17.2 Å². The standard InChI is InChI=1S/C22H22O5/c1-13-17(15-7-5-6-8-16(15)18(13)12-21(23)24)9-14-10-19(25-2)22(27-4)20(11-14)26-3/h5-11H,12H2,1-4H3,(H,23,24)/b17-9-. The highest BCUT2D eigenvalue weighted by Gasteiger charge is 2.25. The maximum atomic E-state index is 11.3. The molecule has 140 valence electrons. The van der Waals surface area contributed by atoms with Crippen molar-refractivity contribution in [1.29, 1.82) is 0 Å². The first-order valence-corrected chi connectivity index (χ1v) is 8.53. The lowest BCUT2D eigenvalue weighted by molar-refractivity contribution is -0.135. The Morgan fingerprint density at radius 2 is 1.59 bits per heavy atom. The van der Waals surface area contributed by atoms with Crippen LogP contribution in [0.3, 0.4) is 0 Å². The average Bonchev–Trinajstić information content (AvgIpc) is 2.92. The summed E-state index contributed by atoms with van der Waals surface area (Å²) in [4.78, 5) is 11.3. The maximum absolute atomic E-state index is 11.3. The number of benzene rings is 2. The van der Waals surface area contributed by atoms with Gasteiger partial charge < -0.3 is 19.3 Å². The topological polar surface area (TPSA) is 65.0 Å². The van der Waals surface area contributed by atoms with Crippen LogP contribution in [0.5, 0.6) is 17.2 Å². The number of hydrogen-bond donors (Lipinski definition) is 1. The molecule has 0 unspecified atom stereocenters. The second-order valence-electron chi connectivity index (χ2n) is 6.24. The number of carboxylic acids is 1. The van der Waals surface area contributed by atoms with Crippen molar-refractivity contribution in [3.8, 4) is 17.2 Å². The van der Waals surface area contributed by atoms with Crippen molar-refractivity contribution in [3.05, 3.63) is 58.7 Å². The lowest BCUT2D eigenvalue weighted by Gasteiger charge is -2.13. The van der Waals surface area contributed by atoms with Gasteiger partial charge in [-0.15, -0.1) is 0 Å². The van der Waals surface area contributed by atoms with Crippen LogP contribution in [0.4, 0.5) is 0 Å². The molecule has 0 radical (unpaired) electrons. The SMILES string of the molecule is COc1cc(/C=C2/C(C)=C(CC(=O)O)c3ccccc32)cc(OC)c1OC. The summed E-state index contributed by atoms with van der Waals surface area (Å²) >= 11 is 0. The number of methoxy groups -OCH3 is 3. The first kappa shape index (κ1) is 18.6. The Bertz CT molecular complexity index is 928. The minimum atomic E-state index is -0.840. The Balaban J connectivity index is 2.17. The van der Waals surface area contributed by atoms with Crippen molar-refractivity contribution in [2.24, 2.45) is 0 Å². The Morgan fingerprint density at radius 1 is 1.00 bits per heavy atom. The van der Waals surface area contributed by atoms with Crippen molar-refractivity contribution in [1.82, 2.24) is 0 Å². The molecular formula is C22H22O5. The zero-order valence-corrected chi connectivity index (χ0v) is 15.8. The first-order valence-electron chi connectivity index (χ1n) is 8.53. The molecule has 0 bridgehead atoms. The highest BCUT2D eigenvalue weighted by molar-refractivity contribution is 6.07. The fraction of sp³-hybridized carbons (Fsp3) is 0.227. The second-order valence-corrected chi connectivity index (χ2v) is 6.24. The Morgan fingerprint density at radius 3 is 2.11 bits per heavy atom. The van der Waals surface area contributed by atoms with Gasteiger partial charge in [-0.2, -0.15) is 0 Å². The van der Waals surface area contributed by atoms with Crippen molar-refractivity contribution < 1.29 is 24.1 Å². The summed E-state index contributed by atoms with van der Waals surface area (Å²) in [5.74, 6) is 0.839. The molecular weight excluding hydrogens is 344 g/mol. The number of fused-ring (bicyclic) bond motifs is 1. The highest BCUT2D eigenvalue weighted by Crippen LogP contribution is 2.45. The highest BCUT2D eigenvalue weighted by atomic mass is 16.5. The minimum absolute atomic E-state index is 0.00452. The monoisotopic (exact) mass is 366 g/mol. The third-order valence-corrected chi connectivity index (χ3v) is 4.73. The molecule has 0 saturated carbocycles. The van der Waals surface area contributed by atoms with E-state index < -0.39 is 5.97 Å². The molecule has 1 aliphatic rings. The summed E-state index contributed by atoms with van der Waals surface area (Å²) in [7, 11) is 4.72. The van der Waals surface area contributed by atoms with Crippen molar-refractivity contribution in [2.45, 2.75) is 13.3 Å². The van der Waals surface area contributed by atoms with Gasteiger partial charge in [0.25, 0.3) is 0 Å². The molecule has 2 aromatic rings. The van der Waals surface area contributed by atoms with Crippen LogP contribution in [0.15, 0.2) is 42.0 Å². The summed E-state index contributed by atoms with van der Waals surface area (Å²) < 4.78 is 16.2. The lowest BCUT2D eigenvalue weighted by Crippen LogP contribution is -1.96. The Hall–Kier alpha value is -3.21. The molecule has 0 saturated heterocycles. The van der Waals surface area contributed by atoms with E-state index in [1.54, 1.807) is 21.3 Å². The number of rotatable bonds is 6. The van der Waals surface area contributed by atoms with E-state index in [1.807, 2.05) is 49.4 Å². The van der Waals surface area contributed by atoms with E-state index in [0.717, 1.165) is 33.4 Å². The van der Waals surface area contributed by atoms with Crippen LogP contribution in [0.25, 0.3) is 17.2 Å². The predicted molar refractivity (Wildman–Crippen MR) is 105 cm³/mol. The summed E-state index contributed by atoms with van der Waals surface area (Å²) in [5.41, 5.74) is 5.68. The third kappa shape index (κ3) is 3.40. The smallest absolute Gasteiger partial charge is 0.307 e. The number of hydrogen-bond acceptors (Lipinski definition) is 4. The molecule has 5 nitrogen and oxygen atoms in total.